The number of unbranched alkanes of at least 4 members (excludes halogenated alkanes) is 2. The summed E-state index contributed by atoms with van der Waals surface area (Å²) >= 11 is 0. The molecule has 1 unspecified atom stereocenters. The van der Waals surface area contributed by atoms with E-state index in [4.69, 9.17) is 4.74 Å². The van der Waals surface area contributed by atoms with Crippen molar-refractivity contribution >= 4 is 17.4 Å². The molecule has 2 aromatic rings. The lowest BCUT2D eigenvalue weighted by Crippen LogP contribution is -2.35. The fourth-order valence-corrected chi connectivity index (χ4v) is 3.75. The van der Waals surface area contributed by atoms with Gasteiger partial charge in [-0.25, -0.2) is 0 Å². The van der Waals surface area contributed by atoms with Crippen LogP contribution >= 0.6 is 0 Å². The van der Waals surface area contributed by atoms with Crippen molar-refractivity contribution in [2.45, 2.75) is 32.2 Å². The number of ketones is 1. The molecule has 1 N–H and O–H groups in total. The fraction of sp³-hybridized carbons (Fsp3) is 0.400. The molecule has 1 aliphatic heterocycles. The smallest absolute Gasteiger partial charge is 0.295 e. The molecule has 0 bridgehead atoms. The Morgan fingerprint density at radius 3 is 2.59 bits per heavy atom. The van der Waals surface area contributed by atoms with E-state index in [-0.39, 0.29) is 11.3 Å². The number of hydrogen-bond acceptors (Lipinski definition) is 6. The van der Waals surface area contributed by atoms with E-state index in [1.165, 1.54) is 17.3 Å². The van der Waals surface area contributed by atoms with Crippen LogP contribution in [-0.2, 0) is 9.59 Å². The number of carbonyl (C=O) groups excluding carboxylic acids is 2. The highest BCUT2D eigenvalue weighted by atomic mass is 16.5. The number of carbonyl (C=O) groups is 2. The van der Waals surface area contributed by atoms with E-state index in [0.717, 1.165) is 24.8 Å². The SMILES string of the molecule is CCCCCOc1cccc(C2/C(=C(\O)c3ccncc3)C(=O)C(=O)N2CCN(C)C)c1. The number of nitrogens with zero attached hydrogens (tertiary/aromatic N) is 3. The predicted octanol–water partition coefficient (Wildman–Crippen LogP) is 3.63. The molecule has 1 saturated heterocycles. The Kier molecular flexibility index (Phi) is 8.00. The van der Waals surface area contributed by atoms with Gasteiger partial charge in [0.25, 0.3) is 11.7 Å². The average Bonchev–Trinajstić information content (AvgIpc) is 3.05. The third-order valence-electron chi connectivity index (χ3n) is 5.47. The topological polar surface area (TPSA) is 83.0 Å². The van der Waals surface area contributed by atoms with Gasteiger partial charge in [0.15, 0.2) is 0 Å². The maximum absolute atomic E-state index is 13.0. The molecular weight excluding hydrogens is 406 g/mol. The van der Waals surface area contributed by atoms with Crippen LogP contribution in [0, 0.1) is 0 Å². The van der Waals surface area contributed by atoms with Gasteiger partial charge in [-0.2, -0.15) is 0 Å². The van der Waals surface area contributed by atoms with Gasteiger partial charge in [-0.3, -0.25) is 14.6 Å². The highest BCUT2D eigenvalue weighted by Gasteiger charge is 2.46. The number of aromatic nitrogens is 1. The minimum absolute atomic E-state index is 0.0862. The average molecular weight is 438 g/mol. The summed E-state index contributed by atoms with van der Waals surface area (Å²) in [5.74, 6) is -0.808. The van der Waals surface area contributed by atoms with Crippen LogP contribution in [0.3, 0.4) is 0 Å². The molecule has 7 nitrogen and oxygen atoms in total. The van der Waals surface area contributed by atoms with Crippen LogP contribution in [-0.4, -0.2) is 65.4 Å². The zero-order chi connectivity index (χ0) is 23.1. The van der Waals surface area contributed by atoms with E-state index in [1.807, 2.05) is 43.3 Å². The Hall–Kier alpha value is -3.19. The Bertz CT molecular complexity index is 972. The van der Waals surface area contributed by atoms with Gasteiger partial charge in [-0.05, 0) is 50.3 Å². The van der Waals surface area contributed by atoms with E-state index < -0.39 is 17.7 Å². The number of benzene rings is 1. The lowest BCUT2D eigenvalue weighted by Gasteiger charge is -2.27. The molecule has 1 aromatic heterocycles. The number of likely N-dealkylation sites (tertiary alicyclic amines) is 1. The highest BCUT2D eigenvalue weighted by Crippen LogP contribution is 2.40. The quantitative estimate of drug-likeness (QED) is 0.265. The molecule has 0 aliphatic carbocycles. The van der Waals surface area contributed by atoms with Crippen LogP contribution < -0.4 is 4.74 Å². The molecular formula is C25H31N3O4. The molecule has 0 spiro atoms. The first kappa shape index (κ1) is 23.5. The van der Waals surface area contributed by atoms with E-state index in [1.54, 1.807) is 12.1 Å². The molecule has 7 heteroatoms. The van der Waals surface area contributed by atoms with Crippen LogP contribution in [0.5, 0.6) is 5.75 Å². The largest absolute Gasteiger partial charge is 0.507 e. The number of aliphatic hydroxyl groups excluding tert-OH is 1. The van der Waals surface area contributed by atoms with E-state index in [0.29, 0.717) is 31.0 Å². The van der Waals surface area contributed by atoms with E-state index >= 15 is 0 Å². The van der Waals surface area contributed by atoms with Crippen molar-refractivity contribution < 1.29 is 19.4 Å². The van der Waals surface area contributed by atoms with Crippen molar-refractivity contribution in [3.05, 3.63) is 65.5 Å². The first-order valence-electron chi connectivity index (χ1n) is 11.0. The molecule has 1 amide bonds. The Labute approximate surface area is 189 Å². The second-order valence-electron chi connectivity index (χ2n) is 8.16. The van der Waals surface area contributed by atoms with Gasteiger partial charge >= 0.3 is 0 Å². The minimum atomic E-state index is -0.692. The van der Waals surface area contributed by atoms with Crippen LogP contribution in [0.25, 0.3) is 5.76 Å². The maximum Gasteiger partial charge on any atom is 0.295 e. The summed E-state index contributed by atoms with van der Waals surface area (Å²) in [6.45, 7) is 3.69. The van der Waals surface area contributed by atoms with Crippen molar-refractivity contribution in [1.29, 1.82) is 0 Å². The van der Waals surface area contributed by atoms with Gasteiger partial charge in [0, 0.05) is 31.0 Å². The predicted molar refractivity (Wildman–Crippen MR) is 123 cm³/mol. The van der Waals surface area contributed by atoms with Crippen LogP contribution in [0.2, 0.25) is 0 Å². The zero-order valence-corrected chi connectivity index (χ0v) is 19.0. The molecule has 0 saturated carbocycles. The summed E-state index contributed by atoms with van der Waals surface area (Å²) < 4.78 is 5.89. The summed E-state index contributed by atoms with van der Waals surface area (Å²) in [4.78, 5) is 33.4. The van der Waals surface area contributed by atoms with Gasteiger partial charge in [0.05, 0.1) is 18.2 Å². The fourth-order valence-electron chi connectivity index (χ4n) is 3.75. The third-order valence-corrected chi connectivity index (χ3v) is 5.47. The van der Waals surface area contributed by atoms with E-state index in [9.17, 15) is 14.7 Å². The van der Waals surface area contributed by atoms with Crippen molar-refractivity contribution in [1.82, 2.24) is 14.8 Å². The number of amides is 1. The number of rotatable bonds is 10. The summed E-state index contributed by atoms with van der Waals surface area (Å²) in [5, 5.41) is 11.0. The summed E-state index contributed by atoms with van der Waals surface area (Å²) in [7, 11) is 3.82. The van der Waals surface area contributed by atoms with Crippen molar-refractivity contribution in [2.75, 3.05) is 33.8 Å². The van der Waals surface area contributed by atoms with Gasteiger partial charge in [-0.15, -0.1) is 0 Å². The maximum atomic E-state index is 13.0. The molecule has 1 fully saturated rings. The van der Waals surface area contributed by atoms with Gasteiger partial charge < -0.3 is 19.6 Å². The van der Waals surface area contributed by atoms with Crippen LogP contribution in [0.4, 0.5) is 0 Å². The molecule has 0 radical (unpaired) electrons. The van der Waals surface area contributed by atoms with E-state index in [2.05, 4.69) is 11.9 Å². The summed E-state index contributed by atoms with van der Waals surface area (Å²) in [5.41, 5.74) is 1.26. The molecule has 2 heterocycles. The van der Waals surface area contributed by atoms with Crippen molar-refractivity contribution in [3.63, 3.8) is 0 Å². The van der Waals surface area contributed by atoms with Crippen molar-refractivity contribution in [3.8, 4) is 5.75 Å². The zero-order valence-electron chi connectivity index (χ0n) is 19.0. The van der Waals surface area contributed by atoms with Crippen molar-refractivity contribution in [2.24, 2.45) is 0 Å². The second-order valence-corrected chi connectivity index (χ2v) is 8.16. The molecule has 1 aromatic carbocycles. The molecule has 3 rings (SSSR count). The van der Waals surface area contributed by atoms with Crippen LogP contribution in [0.1, 0.15) is 43.4 Å². The second kappa shape index (κ2) is 10.9. The molecule has 1 aliphatic rings. The molecule has 32 heavy (non-hydrogen) atoms. The van der Waals surface area contributed by atoms with Gasteiger partial charge in [0.1, 0.15) is 11.5 Å². The normalized spacial score (nSPS) is 17.9. The van der Waals surface area contributed by atoms with Gasteiger partial charge in [0.2, 0.25) is 0 Å². The number of hydrogen-bond donors (Lipinski definition) is 1. The Morgan fingerprint density at radius 2 is 1.91 bits per heavy atom. The Balaban J connectivity index is 2.02. The highest BCUT2D eigenvalue weighted by molar-refractivity contribution is 6.46. The minimum Gasteiger partial charge on any atom is -0.507 e. The lowest BCUT2D eigenvalue weighted by atomic mass is 9.95. The number of aliphatic hydroxyl groups is 1. The van der Waals surface area contributed by atoms with Crippen LogP contribution in [0.15, 0.2) is 54.4 Å². The Morgan fingerprint density at radius 1 is 1.16 bits per heavy atom. The first-order valence-corrected chi connectivity index (χ1v) is 11.0. The number of likely N-dealkylation sites (N-methyl/N-ethyl adjacent to an activating group) is 1. The number of pyridine rings is 1. The molecule has 1 atom stereocenters. The summed E-state index contributed by atoms with van der Waals surface area (Å²) in [6.07, 6.45) is 6.24. The summed E-state index contributed by atoms with van der Waals surface area (Å²) in [6, 6.07) is 9.97. The number of Topliss-reactive ketones (excluding diaryl/α,β-unsaturated/α-hetero) is 1. The lowest BCUT2D eigenvalue weighted by molar-refractivity contribution is -0.140. The standard InChI is InChI=1S/C25H31N3O4/c1-4-5-6-16-32-20-9-7-8-19(17-20)22-21(23(29)18-10-12-26-13-11-18)24(30)25(31)28(22)15-14-27(2)3/h7-13,17,22,29H,4-6,14-16H2,1-3H3/b23-21+. The third kappa shape index (κ3) is 5.34. The monoisotopic (exact) mass is 437 g/mol. The molecule has 170 valence electrons. The number of ether oxygens (including phenoxy) is 1. The first-order chi connectivity index (χ1) is 15.4. The van der Waals surface area contributed by atoms with Gasteiger partial charge in [-0.1, -0.05) is 31.9 Å².